The van der Waals surface area contributed by atoms with Crippen molar-refractivity contribution >= 4 is 28.6 Å². The highest BCUT2D eigenvalue weighted by Gasteiger charge is 2.11. The smallest absolute Gasteiger partial charge is 0.269 e. The number of aromatic amines is 1. The van der Waals surface area contributed by atoms with Gasteiger partial charge < -0.3 is 29.8 Å². The summed E-state index contributed by atoms with van der Waals surface area (Å²) in [7, 11) is 4.76. The molecule has 31 heavy (non-hydrogen) atoms. The number of benzene rings is 2. The zero-order valence-electron chi connectivity index (χ0n) is 17.2. The lowest BCUT2D eigenvalue weighted by molar-refractivity contribution is 0.0958. The number of carbonyl (C=O) groups excluding carboxylic acids is 1. The molecular formula is C22H21N5O4. The van der Waals surface area contributed by atoms with E-state index in [1.807, 2.05) is 30.3 Å². The van der Waals surface area contributed by atoms with Gasteiger partial charge in [0.05, 0.1) is 30.9 Å². The summed E-state index contributed by atoms with van der Waals surface area (Å²) in [4.78, 5) is 23.6. The average Bonchev–Trinajstić information content (AvgIpc) is 3.20. The molecular weight excluding hydrogens is 398 g/mol. The molecule has 1 amide bonds. The van der Waals surface area contributed by atoms with Crippen LogP contribution in [0.1, 0.15) is 10.5 Å². The number of amides is 1. The number of hydrogen-bond acceptors (Lipinski definition) is 7. The Morgan fingerprint density at radius 2 is 1.77 bits per heavy atom. The van der Waals surface area contributed by atoms with Crippen LogP contribution < -0.4 is 24.8 Å². The Labute approximate surface area is 178 Å². The van der Waals surface area contributed by atoms with E-state index < -0.39 is 0 Å². The second-order valence-corrected chi connectivity index (χ2v) is 6.51. The van der Waals surface area contributed by atoms with Crippen molar-refractivity contribution in [2.24, 2.45) is 0 Å². The zero-order valence-corrected chi connectivity index (χ0v) is 17.2. The molecule has 0 aliphatic heterocycles. The molecule has 9 heteroatoms. The van der Waals surface area contributed by atoms with Crippen molar-refractivity contribution in [2.45, 2.75) is 0 Å². The predicted molar refractivity (Wildman–Crippen MR) is 117 cm³/mol. The summed E-state index contributed by atoms with van der Waals surface area (Å²) in [6, 6.07) is 14.2. The lowest BCUT2D eigenvalue weighted by atomic mass is 10.2. The van der Waals surface area contributed by atoms with Crippen molar-refractivity contribution in [3.63, 3.8) is 0 Å². The number of nitrogens with one attached hydrogen (secondary N) is 3. The molecule has 0 bridgehead atoms. The molecule has 2 heterocycles. The fraction of sp³-hybridized carbons (Fsp3) is 0.136. The summed E-state index contributed by atoms with van der Waals surface area (Å²) >= 11 is 0. The van der Waals surface area contributed by atoms with Gasteiger partial charge in [-0.3, -0.25) is 9.78 Å². The van der Waals surface area contributed by atoms with Crippen LogP contribution in [0.4, 0.5) is 11.6 Å². The molecule has 2 aromatic heterocycles. The van der Waals surface area contributed by atoms with Gasteiger partial charge in [0.25, 0.3) is 5.91 Å². The Morgan fingerprint density at radius 3 is 2.55 bits per heavy atom. The van der Waals surface area contributed by atoms with E-state index in [4.69, 9.17) is 14.2 Å². The minimum absolute atomic E-state index is 0.279. The number of rotatable bonds is 7. The molecule has 4 aromatic rings. The number of aromatic nitrogens is 3. The number of ether oxygens (including phenoxy) is 3. The number of fused-ring (bicyclic) bond motifs is 1. The lowest BCUT2D eigenvalue weighted by Crippen LogP contribution is -2.18. The van der Waals surface area contributed by atoms with Gasteiger partial charge in [0.1, 0.15) is 28.7 Å². The van der Waals surface area contributed by atoms with E-state index in [9.17, 15) is 4.79 Å². The average molecular weight is 419 g/mol. The van der Waals surface area contributed by atoms with E-state index in [0.29, 0.717) is 28.9 Å². The molecule has 4 rings (SSSR count). The Morgan fingerprint density at radius 1 is 0.968 bits per heavy atom. The summed E-state index contributed by atoms with van der Waals surface area (Å²) in [6.45, 7) is 0. The molecule has 0 atom stereocenters. The van der Waals surface area contributed by atoms with E-state index in [0.717, 1.165) is 16.7 Å². The highest BCUT2D eigenvalue weighted by molar-refractivity contribution is 5.92. The van der Waals surface area contributed by atoms with Crippen LogP contribution in [0.3, 0.4) is 0 Å². The second-order valence-electron chi connectivity index (χ2n) is 6.51. The fourth-order valence-corrected chi connectivity index (χ4v) is 3.01. The summed E-state index contributed by atoms with van der Waals surface area (Å²) < 4.78 is 16.6. The number of hydrogen-bond donors (Lipinski definition) is 3. The number of nitrogens with zero attached hydrogens (tertiary/aromatic N) is 2. The molecule has 9 nitrogen and oxygen atoms in total. The quantitative estimate of drug-likeness (QED) is 0.417. The predicted octanol–water partition coefficient (Wildman–Crippen LogP) is 3.87. The van der Waals surface area contributed by atoms with Gasteiger partial charge in [-0.15, -0.1) is 0 Å². The third kappa shape index (κ3) is 4.35. The van der Waals surface area contributed by atoms with E-state index in [2.05, 4.69) is 25.6 Å². The Hall–Kier alpha value is -4.27. The lowest BCUT2D eigenvalue weighted by Gasteiger charge is -2.10. The van der Waals surface area contributed by atoms with Gasteiger partial charge in [0, 0.05) is 31.4 Å². The standard InChI is InChI=1S/C22H21N5O4/c1-23-21(28)19-12-15(8-9-24-19)31-14-4-6-16-17(11-14)26-22(25-16)27-18-10-13(29-2)5-7-20(18)30-3/h4-12H,1-3H3,(H,23,28)(H2,25,26,27). The molecule has 0 saturated heterocycles. The Kier molecular flexibility index (Phi) is 5.57. The number of methoxy groups -OCH3 is 2. The summed E-state index contributed by atoms with van der Waals surface area (Å²) in [5.41, 5.74) is 2.54. The minimum atomic E-state index is -0.279. The van der Waals surface area contributed by atoms with Crippen LogP contribution >= 0.6 is 0 Å². The van der Waals surface area contributed by atoms with Crippen LogP contribution in [0.2, 0.25) is 0 Å². The molecule has 0 spiro atoms. The Bertz CT molecular complexity index is 1240. The third-order valence-electron chi connectivity index (χ3n) is 4.54. The number of anilines is 2. The van der Waals surface area contributed by atoms with Crippen molar-refractivity contribution in [1.82, 2.24) is 20.3 Å². The maximum Gasteiger partial charge on any atom is 0.269 e. The van der Waals surface area contributed by atoms with Gasteiger partial charge in [-0.2, -0.15) is 0 Å². The molecule has 0 radical (unpaired) electrons. The first-order valence-electron chi connectivity index (χ1n) is 9.44. The first-order valence-corrected chi connectivity index (χ1v) is 9.44. The number of carbonyl (C=O) groups is 1. The first-order chi connectivity index (χ1) is 15.1. The second kappa shape index (κ2) is 8.62. The maximum atomic E-state index is 11.8. The van der Waals surface area contributed by atoms with Gasteiger partial charge >= 0.3 is 0 Å². The van der Waals surface area contributed by atoms with Crippen LogP contribution in [0, 0.1) is 0 Å². The van der Waals surface area contributed by atoms with Crippen molar-refractivity contribution in [3.05, 3.63) is 60.4 Å². The number of imidazole rings is 1. The SMILES string of the molecule is CNC(=O)c1cc(Oc2ccc3nc(Nc4cc(OC)ccc4OC)[nH]c3c2)ccn1. The van der Waals surface area contributed by atoms with Crippen LogP contribution in [-0.2, 0) is 0 Å². The third-order valence-corrected chi connectivity index (χ3v) is 4.54. The molecule has 0 aliphatic rings. The minimum Gasteiger partial charge on any atom is -0.497 e. The van der Waals surface area contributed by atoms with Gasteiger partial charge in [0.2, 0.25) is 5.95 Å². The van der Waals surface area contributed by atoms with E-state index in [1.165, 1.54) is 6.20 Å². The van der Waals surface area contributed by atoms with Gasteiger partial charge in [0.15, 0.2) is 0 Å². The molecule has 3 N–H and O–H groups in total. The van der Waals surface area contributed by atoms with E-state index >= 15 is 0 Å². The monoisotopic (exact) mass is 419 g/mol. The zero-order chi connectivity index (χ0) is 21.8. The van der Waals surface area contributed by atoms with Gasteiger partial charge in [-0.25, -0.2) is 4.98 Å². The van der Waals surface area contributed by atoms with Crippen LogP contribution in [0.5, 0.6) is 23.0 Å². The van der Waals surface area contributed by atoms with Crippen molar-refractivity contribution in [2.75, 3.05) is 26.6 Å². The van der Waals surface area contributed by atoms with Crippen molar-refractivity contribution in [3.8, 4) is 23.0 Å². The number of H-pyrrole nitrogens is 1. The summed E-state index contributed by atoms with van der Waals surface area (Å²) in [6.07, 6.45) is 1.53. The van der Waals surface area contributed by atoms with Crippen LogP contribution in [0.25, 0.3) is 11.0 Å². The summed E-state index contributed by atoms with van der Waals surface area (Å²) in [5.74, 6) is 2.73. The first kappa shape index (κ1) is 20.0. The molecule has 0 unspecified atom stereocenters. The summed E-state index contributed by atoms with van der Waals surface area (Å²) in [5, 5.41) is 5.76. The molecule has 0 fully saturated rings. The number of pyridine rings is 1. The van der Waals surface area contributed by atoms with Gasteiger partial charge in [-0.05, 0) is 30.3 Å². The maximum absolute atomic E-state index is 11.8. The van der Waals surface area contributed by atoms with Crippen molar-refractivity contribution in [1.29, 1.82) is 0 Å². The normalized spacial score (nSPS) is 10.5. The Balaban J connectivity index is 1.57. The molecule has 0 aliphatic carbocycles. The van der Waals surface area contributed by atoms with Crippen molar-refractivity contribution < 1.29 is 19.0 Å². The van der Waals surface area contributed by atoms with Crippen LogP contribution in [0.15, 0.2) is 54.7 Å². The molecule has 158 valence electrons. The van der Waals surface area contributed by atoms with E-state index in [1.54, 1.807) is 39.5 Å². The highest BCUT2D eigenvalue weighted by Crippen LogP contribution is 2.32. The topological polar surface area (TPSA) is 110 Å². The molecule has 0 saturated carbocycles. The van der Waals surface area contributed by atoms with Crippen LogP contribution in [-0.4, -0.2) is 42.1 Å². The fourth-order valence-electron chi connectivity index (χ4n) is 3.01. The molecule has 2 aromatic carbocycles. The van der Waals surface area contributed by atoms with Gasteiger partial charge in [-0.1, -0.05) is 0 Å². The highest BCUT2D eigenvalue weighted by atomic mass is 16.5. The van der Waals surface area contributed by atoms with E-state index in [-0.39, 0.29) is 11.6 Å². The largest absolute Gasteiger partial charge is 0.497 e.